The number of hydrogen-bond donors (Lipinski definition) is 2. The lowest BCUT2D eigenvalue weighted by Crippen LogP contribution is -2.47. The molecule has 0 heterocycles. The smallest absolute Gasteiger partial charge is 0.338 e. The second kappa shape index (κ2) is 11.1. The highest BCUT2D eigenvalue weighted by atomic mass is 16.7. The zero-order valence-electron chi connectivity index (χ0n) is 15.0. The monoisotopic (exact) mass is 373 g/mol. The van der Waals surface area contributed by atoms with Crippen LogP contribution in [0.4, 0.5) is 0 Å². The van der Waals surface area contributed by atoms with Crippen LogP contribution in [0.25, 0.3) is 0 Å². The van der Waals surface area contributed by atoms with Gasteiger partial charge in [0.2, 0.25) is 0 Å². The van der Waals surface area contributed by atoms with Gasteiger partial charge in [0.15, 0.2) is 12.2 Å². The molecule has 2 rings (SSSR count). The fourth-order valence-corrected chi connectivity index (χ4v) is 2.24. The lowest BCUT2D eigenvalue weighted by molar-refractivity contribution is -0.173. The Morgan fingerprint density at radius 2 is 1.52 bits per heavy atom. The number of rotatable bonds is 10. The van der Waals surface area contributed by atoms with E-state index in [2.05, 4.69) is 5.48 Å². The van der Waals surface area contributed by atoms with Crippen LogP contribution in [0, 0.1) is 0 Å². The summed E-state index contributed by atoms with van der Waals surface area (Å²) in [6.45, 7) is 1.89. The van der Waals surface area contributed by atoms with Crippen molar-refractivity contribution >= 4 is 11.9 Å². The van der Waals surface area contributed by atoms with E-state index in [1.54, 1.807) is 19.1 Å². The Labute approximate surface area is 157 Å². The summed E-state index contributed by atoms with van der Waals surface area (Å²) in [5.74, 6) is -1.71. The van der Waals surface area contributed by atoms with Crippen LogP contribution in [0.2, 0.25) is 0 Å². The highest BCUT2D eigenvalue weighted by molar-refractivity contribution is 5.88. The maximum absolute atomic E-state index is 12.1. The van der Waals surface area contributed by atoms with E-state index < -0.39 is 24.1 Å². The SMILES string of the molecule is CCOC(=O)[C@H](OCc1ccccc1)[C@@H](O)C(=O)NOCc1ccccc1. The summed E-state index contributed by atoms with van der Waals surface area (Å²) < 4.78 is 10.3. The zero-order chi connectivity index (χ0) is 19.5. The Bertz CT molecular complexity index is 707. The van der Waals surface area contributed by atoms with Gasteiger partial charge < -0.3 is 14.6 Å². The van der Waals surface area contributed by atoms with Crippen molar-refractivity contribution in [2.24, 2.45) is 0 Å². The van der Waals surface area contributed by atoms with Crippen LogP contribution < -0.4 is 5.48 Å². The lowest BCUT2D eigenvalue weighted by atomic mass is 10.2. The Kier molecular flexibility index (Phi) is 8.44. The molecule has 2 atom stereocenters. The van der Waals surface area contributed by atoms with Gasteiger partial charge in [-0.3, -0.25) is 9.63 Å². The molecule has 0 aliphatic heterocycles. The highest BCUT2D eigenvalue weighted by Crippen LogP contribution is 2.09. The van der Waals surface area contributed by atoms with Crippen molar-refractivity contribution in [3.05, 3.63) is 71.8 Å². The van der Waals surface area contributed by atoms with Gasteiger partial charge in [0.05, 0.1) is 19.8 Å². The van der Waals surface area contributed by atoms with E-state index in [0.29, 0.717) is 0 Å². The van der Waals surface area contributed by atoms with Gasteiger partial charge in [-0.15, -0.1) is 0 Å². The number of ether oxygens (including phenoxy) is 2. The summed E-state index contributed by atoms with van der Waals surface area (Å²) in [4.78, 5) is 29.3. The van der Waals surface area contributed by atoms with Crippen LogP contribution in [0.3, 0.4) is 0 Å². The maximum atomic E-state index is 12.1. The predicted octanol–water partition coefficient (Wildman–Crippen LogP) is 1.74. The molecule has 7 nitrogen and oxygen atoms in total. The van der Waals surface area contributed by atoms with Crippen molar-refractivity contribution in [3.63, 3.8) is 0 Å². The molecule has 0 saturated heterocycles. The number of nitrogens with one attached hydrogen (secondary N) is 1. The van der Waals surface area contributed by atoms with Crippen molar-refractivity contribution in [1.29, 1.82) is 0 Å². The molecule has 1 amide bonds. The largest absolute Gasteiger partial charge is 0.464 e. The molecule has 144 valence electrons. The highest BCUT2D eigenvalue weighted by Gasteiger charge is 2.34. The molecular formula is C20H23NO6. The van der Waals surface area contributed by atoms with Gasteiger partial charge >= 0.3 is 5.97 Å². The topological polar surface area (TPSA) is 94.1 Å². The van der Waals surface area contributed by atoms with Gasteiger partial charge in [-0.25, -0.2) is 10.3 Å². The van der Waals surface area contributed by atoms with E-state index in [0.717, 1.165) is 11.1 Å². The Balaban J connectivity index is 1.91. The summed E-state index contributed by atoms with van der Waals surface area (Å²) >= 11 is 0. The third-order valence-corrected chi connectivity index (χ3v) is 3.60. The average Bonchev–Trinajstić information content (AvgIpc) is 2.69. The molecule has 0 aromatic heterocycles. The Morgan fingerprint density at radius 1 is 0.963 bits per heavy atom. The number of aliphatic hydroxyl groups excluding tert-OH is 1. The Morgan fingerprint density at radius 3 is 2.07 bits per heavy atom. The van der Waals surface area contributed by atoms with Crippen molar-refractivity contribution in [1.82, 2.24) is 5.48 Å². The fraction of sp³-hybridized carbons (Fsp3) is 0.300. The molecular weight excluding hydrogens is 350 g/mol. The number of carbonyl (C=O) groups is 2. The molecule has 2 aromatic rings. The van der Waals surface area contributed by atoms with Crippen LogP contribution in [0.1, 0.15) is 18.1 Å². The van der Waals surface area contributed by atoms with Crippen LogP contribution in [-0.2, 0) is 37.1 Å². The second-order valence-corrected chi connectivity index (χ2v) is 5.65. The predicted molar refractivity (Wildman–Crippen MR) is 97.0 cm³/mol. The second-order valence-electron chi connectivity index (χ2n) is 5.65. The normalized spacial score (nSPS) is 12.8. The molecule has 2 aromatic carbocycles. The van der Waals surface area contributed by atoms with Crippen molar-refractivity contribution < 1.29 is 29.0 Å². The molecule has 0 spiro atoms. The minimum atomic E-state index is -1.77. The molecule has 0 aliphatic rings. The molecule has 7 heteroatoms. The molecule has 2 N–H and O–H groups in total. The van der Waals surface area contributed by atoms with Crippen LogP contribution in [0.15, 0.2) is 60.7 Å². The van der Waals surface area contributed by atoms with Gasteiger partial charge in [0.25, 0.3) is 5.91 Å². The van der Waals surface area contributed by atoms with Crippen molar-refractivity contribution in [2.75, 3.05) is 6.61 Å². The first-order valence-corrected chi connectivity index (χ1v) is 8.57. The minimum Gasteiger partial charge on any atom is -0.464 e. The zero-order valence-corrected chi connectivity index (χ0v) is 15.0. The fourth-order valence-electron chi connectivity index (χ4n) is 2.24. The van der Waals surface area contributed by atoms with Gasteiger partial charge in [-0.2, -0.15) is 0 Å². The maximum Gasteiger partial charge on any atom is 0.338 e. The third kappa shape index (κ3) is 6.82. The molecule has 0 saturated carbocycles. The van der Waals surface area contributed by atoms with Crippen LogP contribution in [-0.4, -0.2) is 35.8 Å². The van der Waals surface area contributed by atoms with E-state index >= 15 is 0 Å². The minimum absolute atomic E-state index is 0.0412. The van der Waals surface area contributed by atoms with Gasteiger partial charge in [-0.1, -0.05) is 60.7 Å². The van der Waals surface area contributed by atoms with E-state index in [1.165, 1.54) is 0 Å². The summed E-state index contributed by atoms with van der Waals surface area (Å²) in [6.07, 6.45) is -3.24. The first-order chi connectivity index (χ1) is 13.1. The first-order valence-electron chi connectivity index (χ1n) is 8.57. The summed E-state index contributed by atoms with van der Waals surface area (Å²) in [5.41, 5.74) is 3.76. The van der Waals surface area contributed by atoms with Crippen molar-refractivity contribution in [2.45, 2.75) is 32.3 Å². The number of hydroxylamine groups is 1. The first kappa shape index (κ1) is 20.6. The summed E-state index contributed by atoms with van der Waals surface area (Å²) in [7, 11) is 0. The number of amides is 1. The number of benzene rings is 2. The molecule has 0 bridgehead atoms. The standard InChI is InChI=1S/C20H23NO6/c1-2-25-20(24)18(26-13-15-9-5-3-6-10-15)17(22)19(23)21-27-14-16-11-7-4-8-12-16/h3-12,17-18,22H,2,13-14H2,1H3,(H,21,23)/t17-,18-/m1/s1. The average molecular weight is 373 g/mol. The lowest BCUT2D eigenvalue weighted by Gasteiger charge is -2.21. The molecule has 0 radical (unpaired) electrons. The van der Waals surface area contributed by atoms with Crippen LogP contribution >= 0.6 is 0 Å². The third-order valence-electron chi connectivity index (χ3n) is 3.60. The Hall–Kier alpha value is -2.74. The van der Waals surface area contributed by atoms with Crippen LogP contribution in [0.5, 0.6) is 0 Å². The molecule has 0 aliphatic carbocycles. The quantitative estimate of drug-likeness (QED) is 0.487. The van der Waals surface area contributed by atoms with E-state index in [-0.39, 0.29) is 19.8 Å². The summed E-state index contributed by atoms with van der Waals surface area (Å²) in [5, 5.41) is 10.2. The van der Waals surface area contributed by atoms with E-state index in [4.69, 9.17) is 14.3 Å². The molecule has 27 heavy (non-hydrogen) atoms. The molecule has 0 fully saturated rings. The van der Waals surface area contributed by atoms with E-state index in [1.807, 2.05) is 48.5 Å². The van der Waals surface area contributed by atoms with E-state index in [9.17, 15) is 14.7 Å². The molecule has 0 unspecified atom stereocenters. The van der Waals surface area contributed by atoms with Gasteiger partial charge in [0.1, 0.15) is 0 Å². The van der Waals surface area contributed by atoms with Crippen molar-refractivity contribution in [3.8, 4) is 0 Å². The number of aliphatic hydroxyl groups is 1. The number of carbonyl (C=O) groups excluding carboxylic acids is 2. The summed E-state index contributed by atoms with van der Waals surface area (Å²) in [6, 6.07) is 18.3. The number of esters is 1. The van der Waals surface area contributed by atoms with Gasteiger partial charge in [0, 0.05) is 0 Å². The number of hydrogen-bond acceptors (Lipinski definition) is 6. The van der Waals surface area contributed by atoms with Gasteiger partial charge in [-0.05, 0) is 18.1 Å².